The number of rotatable bonds is 4. The van der Waals surface area contributed by atoms with Crippen LogP contribution in [0.15, 0.2) is 40.8 Å². The van der Waals surface area contributed by atoms with Gasteiger partial charge in [0.15, 0.2) is 0 Å². The van der Waals surface area contributed by atoms with E-state index in [1.165, 1.54) is 11.3 Å². The maximum absolute atomic E-state index is 5.39. The summed E-state index contributed by atoms with van der Waals surface area (Å²) in [6.07, 6.45) is 1.70. The van der Waals surface area contributed by atoms with Crippen molar-refractivity contribution in [1.82, 2.24) is 15.8 Å². The van der Waals surface area contributed by atoms with Gasteiger partial charge in [-0.05, 0) is 24.3 Å². The maximum atomic E-state index is 5.39. The van der Waals surface area contributed by atoms with Crippen molar-refractivity contribution >= 4 is 28.1 Å². The van der Waals surface area contributed by atoms with Crippen LogP contribution in [0.2, 0.25) is 0 Å². The standard InChI is InChI=1S/C11H14N6OS/c1-18-9-4-2-8(3-5-9)14-10(15-12)16-17-11-13-6-7-19-11/h2-7H,12H2,1H3,(H,13,17)(H2,14,15,16). The summed E-state index contributed by atoms with van der Waals surface area (Å²) >= 11 is 1.46. The lowest BCUT2D eigenvalue weighted by Crippen LogP contribution is -2.44. The predicted octanol–water partition coefficient (Wildman–Crippen LogP) is 1.22. The zero-order chi connectivity index (χ0) is 13.5. The van der Waals surface area contributed by atoms with Crippen molar-refractivity contribution < 1.29 is 4.74 Å². The van der Waals surface area contributed by atoms with E-state index in [0.29, 0.717) is 5.96 Å². The molecule has 19 heavy (non-hydrogen) atoms. The lowest BCUT2D eigenvalue weighted by Gasteiger charge is -2.09. The number of hydrogen-bond acceptors (Lipinski definition) is 6. The number of aliphatic imine (C=N–C) groups is 1. The lowest BCUT2D eigenvalue weighted by molar-refractivity contribution is 0.415. The minimum atomic E-state index is 0.375. The zero-order valence-corrected chi connectivity index (χ0v) is 11.1. The van der Waals surface area contributed by atoms with Crippen LogP contribution in [0.3, 0.4) is 0 Å². The van der Waals surface area contributed by atoms with E-state index in [-0.39, 0.29) is 0 Å². The molecule has 7 nitrogen and oxygen atoms in total. The van der Waals surface area contributed by atoms with E-state index in [0.717, 1.165) is 16.6 Å². The van der Waals surface area contributed by atoms with Crippen LogP contribution in [-0.4, -0.2) is 18.1 Å². The Morgan fingerprint density at radius 2 is 2.16 bits per heavy atom. The van der Waals surface area contributed by atoms with Gasteiger partial charge in [0.25, 0.3) is 0 Å². The average molecular weight is 278 g/mol. The molecular weight excluding hydrogens is 264 g/mol. The van der Waals surface area contributed by atoms with Gasteiger partial charge >= 0.3 is 0 Å². The molecule has 0 saturated heterocycles. The average Bonchev–Trinajstić information content (AvgIpc) is 2.97. The second-order valence-corrected chi connectivity index (χ2v) is 4.28. The highest BCUT2D eigenvalue weighted by atomic mass is 32.1. The Morgan fingerprint density at radius 3 is 2.74 bits per heavy atom. The van der Waals surface area contributed by atoms with E-state index in [4.69, 9.17) is 10.6 Å². The first kappa shape index (κ1) is 13.1. The molecule has 1 heterocycles. The molecule has 0 aliphatic rings. The van der Waals surface area contributed by atoms with Crippen LogP contribution in [0.25, 0.3) is 0 Å². The highest BCUT2D eigenvalue weighted by Gasteiger charge is 1.99. The number of nitrogens with one attached hydrogen (secondary N) is 3. The topological polar surface area (TPSA) is 96.6 Å². The molecule has 1 aromatic carbocycles. The molecule has 100 valence electrons. The quantitative estimate of drug-likeness (QED) is 0.291. The molecule has 0 saturated carbocycles. The second-order valence-electron chi connectivity index (χ2n) is 3.39. The third kappa shape index (κ3) is 3.83. The number of aromatic nitrogens is 1. The van der Waals surface area contributed by atoms with Crippen LogP contribution < -0.4 is 26.9 Å². The van der Waals surface area contributed by atoms with Crippen molar-refractivity contribution in [1.29, 1.82) is 0 Å². The van der Waals surface area contributed by atoms with Crippen LogP contribution in [0.4, 0.5) is 10.8 Å². The number of hydrazine groups is 2. The van der Waals surface area contributed by atoms with E-state index in [2.05, 4.69) is 26.3 Å². The third-order valence-corrected chi connectivity index (χ3v) is 2.86. The molecule has 8 heteroatoms. The van der Waals surface area contributed by atoms with Crippen LogP contribution >= 0.6 is 11.3 Å². The number of nitrogens with zero attached hydrogens (tertiary/aromatic N) is 2. The summed E-state index contributed by atoms with van der Waals surface area (Å²) in [6, 6.07) is 7.28. The highest BCUT2D eigenvalue weighted by Crippen LogP contribution is 2.17. The van der Waals surface area contributed by atoms with Crippen molar-refractivity contribution in [3.8, 4) is 5.75 Å². The van der Waals surface area contributed by atoms with E-state index in [1.807, 2.05) is 29.6 Å². The smallest absolute Gasteiger partial charge is 0.230 e. The SMILES string of the molecule is COc1ccc(N=C(NN)NNc2nccs2)cc1. The van der Waals surface area contributed by atoms with E-state index < -0.39 is 0 Å². The van der Waals surface area contributed by atoms with Gasteiger partial charge in [-0.1, -0.05) is 0 Å². The number of methoxy groups -OCH3 is 1. The molecule has 1 aromatic heterocycles. The number of benzene rings is 1. The van der Waals surface area contributed by atoms with E-state index in [1.54, 1.807) is 13.3 Å². The summed E-state index contributed by atoms with van der Waals surface area (Å²) in [4.78, 5) is 8.34. The number of ether oxygens (including phenoxy) is 1. The molecule has 0 spiro atoms. The summed E-state index contributed by atoms with van der Waals surface area (Å²) < 4.78 is 5.07. The molecule has 0 atom stereocenters. The van der Waals surface area contributed by atoms with Gasteiger partial charge in [0.1, 0.15) is 5.75 Å². The Hall–Kier alpha value is -2.32. The summed E-state index contributed by atoms with van der Waals surface area (Å²) in [7, 11) is 1.62. The predicted molar refractivity (Wildman–Crippen MR) is 76.3 cm³/mol. The Kier molecular flexibility index (Phi) is 4.54. The van der Waals surface area contributed by atoms with Crippen LogP contribution in [-0.2, 0) is 0 Å². The molecule has 2 aromatic rings. The molecule has 2 rings (SSSR count). The molecule has 0 aliphatic carbocycles. The second kappa shape index (κ2) is 6.57. The number of hydrogen-bond donors (Lipinski definition) is 4. The summed E-state index contributed by atoms with van der Waals surface area (Å²) in [5, 5.41) is 2.58. The zero-order valence-electron chi connectivity index (χ0n) is 10.3. The molecule has 0 radical (unpaired) electrons. The Bertz CT molecular complexity index is 525. The third-order valence-electron chi connectivity index (χ3n) is 2.17. The first-order valence-corrected chi connectivity index (χ1v) is 6.30. The van der Waals surface area contributed by atoms with Gasteiger partial charge in [0.2, 0.25) is 11.1 Å². The van der Waals surface area contributed by atoms with Gasteiger partial charge in [-0.3, -0.25) is 16.3 Å². The molecule has 0 aliphatic heterocycles. The van der Waals surface area contributed by atoms with Gasteiger partial charge in [-0.25, -0.2) is 15.8 Å². The molecule has 0 amide bonds. The maximum Gasteiger partial charge on any atom is 0.230 e. The fourth-order valence-electron chi connectivity index (χ4n) is 1.28. The Morgan fingerprint density at radius 1 is 1.37 bits per heavy atom. The van der Waals surface area contributed by atoms with Crippen molar-refractivity contribution in [3.05, 3.63) is 35.8 Å². The van der Waals surface area contributed by atoms with Crippen LogP contribution in [0.5, 0.6) is 5.75 Å². The van der Waals surface area contributed by atoms with Gasteiger partial charge in [0.05, 0.1) is 12.8 Å². The van der Waals surface area contributed by atoms with Crippen molar-refractivity contribution in [2.75, 3.05) is 12.5 Å². The van der Waals surface area contributed by atoms with Gasteiger partial charge in [0, 0.05) is 11.6 Å². The number of nitrogens with two attached hydrogens (primary N) is 1. The Balaban J connectivity index is 2.00. The first-order chi connectivity index (χ1) is 9.31. The monoisotopic (exact) mass is 278 g/mol. The first-order valence-electron chi connectivity index (χ1n) is 5.42. The summed E-state index contributed by atoms with van der Waals surface area (Å²) in [5.74, 6) is 6.54. The van der Waals surface area contributed by atoms with E-state index >= 15 is 0 Å². The molecule has 0 bridgehead atoms. The molecular formula is C11H14N6OS. The fraction of sp³-hybridized carbons (Fsp3) is 0.0909. The highest BCUT2D eigenvalue weighted by molar-refractivity contribution is 7.13. The summed E-state index contributed by atoms with van der Waals surface area (Å²) in [5.41, 5.74) is 8.91. The molecule has 0 fully saturated rings. The van der Waals surface area contributed by atoms with Crippen molar-refractivity contribution in [3.63, 3.8) is 0 Å². The van der Waals surface area contributed by atoms with Crippen LogP contribution in [0.1, 0.15) is 0 Å². The number of guanidine groups is 1. The van der Waals surface area contributed by atoms with Gasteiger partial charge in [-0.15, -0.1) is 11.3 Å². The van der Waals surface area contributed by atoms with Crippen LogP contribution in [0, 0.1) is 0 Å². The number of thiazole rings is 1. The molecule has 5 N–H and O–H groups in total. The largest absolute Gasteiger partial charge is 0.497 e. The van der Waals surface area contributed by atoms with E-state index in [9.17, 15) is 0 Å². The number of anilines is 1. The fourth-order valence-corrected chi connectivity index (χ4v) is 1.76. The van der Waals surface area contributed by atoms with Crippen molar-refractivity contribution in [2.45, 2.75) is 0 Å². The lowest BCUT2D eigenvalue weighted by atomic mass is 10.3. The normalized spacial score (nSPS) is 10.9. The van der Waals surface area contributed by atoms with Crippen molar-refractivity contribution in [2.24, 2.45) is 10.8 Å². The molecule has 0 unspecified atom stereocenters. The Labute approximate surface area is 114 Å². The minimum Gasteiger partial charge on any atom is -0.497 e. The summed E-state index contributed by atoms with van der Waals surface area (Å²) in [6.45, 7) is 0. The van der Waals surface area contributed by atoms with Gasteiger partial charge in [-0.2, -0.15) is 0 Å². The minimum absolute atomic E-state index is 0.375. The van der Waals surface area contributed by atoms with Gasteiger partial charge < -0.3 is 4.74 Å².